The molecule has 4 unspecified atom stereocenters. The Hall–Kier alpha value is -0.0500. The van der Waals surface area contributed by atoms with E-state index < -0.39 is 0 Å². The third-order valence-electron chi connectivity index (χ3n) is 3.71. The minimum absolute atomic E-state index is 0.291. The minimum Gasteiger partial charge on any atom is -0.352 e. The summed E-state index contributed by atoms with van der Waals surface area (Å²) in [5, 5.41) is 3.22. The molecule has 0 saturated heterocycles. The molecule has 0 aliphatic heterocycles. The van der Waals surface area contributed by atoms with Crippen LogP contribution in [0.3, 0.4) is 0 Å². The third-order valence-corrected chi connectivity index (χ3v) is 4.80. The maximum absolute atomic E-state index is 11.8. The Morgan fingerprint density at radius 1 is 1.27 bits per heavy atom. The molecule has 0 radical (unpaired) electrons. The molecular weight excluding hydrogens is 254 g/mol. The van der Waals surface area contributed by atoms with Gasteiger partial charge in [0.05, 0.1) is 0 Å². The number of nitrogens with one attached hydrogen (secondary N) is 1. The third kappa shape index (κ3) is 2.96. The molecule has 0 aromatic carbocycles. The highest BCUT2D eigenvalue weighted by atomic mass is 79.9. The van der Waals surface area contributed by atoms with Gasteiger partial charge in [-0.15, -0.1) is 0 Å². The van der Waals surface area contributed by atoms with Gasteiger partial charge in [-0.1, -0.05) is 42.1 Å². The lowest BCUT2D eigenvalue weighted by molar-refractivity contribution is -0.123. The molecule has 86 valence electrons. The predicted octanol–water partition coefficient (Wildman–Crippen LogP) is 2.85. The van der Waals surface area contributed by atoms with Crippen molar-refractivity contribution in [3.63, 3.8) is 0 Å². The maximum atomic E-state index is 11.8. The number of carbonyl (C=O) groups is 1. The summed E-state index contributed by atoms with van der Waals surface area (Å²) in [6.45, 7) is 2.16. The number of hydrogen-bond acceptors (Lipinski definition) is 1. The van der Waals surface area contributed by atoms with Gasteiger partial charge in [-0.05, 0) is 25.2 Å². The summed E-state index contributed by atoms with van der Waals surface area (Å²) in [4.78, 5) is 12.3. The summed E-state index contributed by atoms with van der Waals surface area (Å²) in [7, 11) is 0. The van der Waals surface area contributed by atoms with Gasteiger partial charge in [0.15, 0.2) is 0 Å². The van der Waals surface area contributed by atoms with Crippen molar-refractivity contribution in [3.8, 4) is 0 Å². The van der Waals surface area contributed by atoms with Crippen LogP contribution < -0.4 is 5.32 Å². The summed E-state index contributed by atoms with van der Waals surface area (Å²) < 4.78 is 0. The average molecular weight is 274 g/mol. The van der Waals surface area contributed by atoms with Gasteiger partial charge < -0.3 is 5.32 Å². The molecule has 4 atom stereocenters. The van der Waals surface area contributed by atoms with E-state index in [1.54, 1.807) is 0 Å². The van der Waals surface area contributed by atoms with E-state index in [1.807, 2.05) is 0 Å². The van der Waals surface area contributed by atoms with E-state index >= 15 is 0 Å². The molecule has 2 aliphatic rings. The number of halogens is 1. The quantitative estimate of drug-likeness (QED) is 0.609. The van der Waals surface area contributed by atoms with Gasteiger partial charge in [-0.3, -0.25) is 4.79 Å². The number of hydrogen-bond donors (Lipinski definition) is 1. The molecule has 15 heavy (non-hydrogen) atoms. The number of amides is 1. The van der Waals surface area contributed by atoms with E-state index in [4.69, 9.17) is 0 Å². The highest BCUT2D eigenvalue weighted by Gasteiger charge is 2.40. The second kappa shape index (κ2) is 4.86. The molecule has 2 nitrogen and oxygen atoms in total. The zero-order valence-electron chi connectivity index (χ0n) is 9.34. The van der Waals surface area contributed by atoms with Crippen LogP contribution in [0.25, 0.3) is 0 Å². The fourth-order valence-corrected chi connectivity index (χ4v) is 3.12. The van der Waals surface area contributed by atoms with Gasteiger partial charge in [-0.25, -0.2) is 0 Å². The maximum Gasteiger partial charge on any atom is 0.223 e. The van der Waals surface area contributed by atoms with Crippen LogP contribution in [-0.4, -0.2) is 16.8 Å². The van der Waals surface area contributed by atoms with E-state index in [0.29, 0.717) is 28.6 Å². The number of alkyl halides is 1. The molecule has 3 heteroatoms. The van der Waals surface area contributed by atoms with Gasteiger partial charge in [0.2, 0.25) is 5.91 Å². The van der Waals surface area contributed by atoms with E-state index in [0.717, 1.165) is 12.8 Å². The zero-order chi connectivity index (χ0) is 10.8. The zero-order valence-corrected chi connectivity index (χ0v) is 10.9. The highest BCUT2D eigenvalue weighted by molar-refractivity contribution is 9.09. The molecular formula is C12H20BrNO. The van der Waals surface area contributed by atoms with Crippen LogP contribution in [0, 0.1) is 11.8 Å². The first-order valence-electron chi connectivity index (χ1n) is 6.13. The van der Waals surface area contributed by atoms with Crippen molar-refractivity contribution in [2.45, 2.75) is 56.3 Å². The second-order valence-electron chi connectivity index (χ2n) is 5.09. The fourth-order valence-electron chi connectivity index (χ4n) is 2.40. The first kappa shape index (κ1) is 11.4. The van der Waals surface area contributed by atoms with Crippen LogP contribution in [0.15, 0.2) is 0 Å². The van der Waals surface area contributed by atoms with Gasteiger partial charge in [-0.2, -0.15) is 0 Å². The number of carbonyl (C=O) groups excluding carboxylic acids is 1. The molecule has 1 amide bonds. The smallest absolute Gasteiger partial charge is 0.223 e. The molecule has 0 spiro atoms. The SMILES string of the molecule is CC1CC1C(=O)NC1CCCCCC1Br. The lowest BCUT2D eigenvalue weighted by Crippen LogP contribution is -2.41. The van der Waals surface area contributed by atoms with E-state index in [2.05, 4.69) is 28.2 Å². The highest BCUT2D eigenvalue weighted by Crippen LogP contribution is 2.38. The van der Waals surface area contributed by atoms with Crippen molar-refractivity contribution in [1.82, 2.24) is 5.32 Å². The van der Waals surface area contributed by atoms with Crippen molar-refractivity contribution in [3.05, 3.63) is 0 Å². The van der Waals surface area contributed by atoms with Crippen LogP contribution in [-0.2, 0) is 4.79 Å². The summed E-state index contributed by atoms with van der Waals surface area (Å²) in [6.07, 6.45) is 7.29. The van der Waals surface area contributed by atoms with Crippen molar-refractivity contribution >= 4 is 21.8 Å². The lowest BCUT2D eigenvalue weighted by Gasteiger charge is -2.21. The Bertz CT molecular complexity index is 244. The second-order valence-corrected chi connectivity index (χ2v) is 6.26. The number of rotatable bonds is 2. The van der Waals surface area contributed by atoms with Gasteiger partial charge in [0.25, 0.3) is 0 Å². The van der Waals surface area contributed by atoms with Crippen molar-refractivity contribution in [1.29, 1.82) is 0 Å². The summed E-state index contributed by atoms with van der Waals surface area (Å²) in [5.74, 6) is 1.22. The van der Waals surface area contributed by atoms with E-state index in [-0.39, 0.29) is 0 Å². The summed E-state index contributed by atoms with van der Waals surface area (Å²) in [5.41, 5.74) is 0. The topological polar surface area (TPSA) is 29.1 Å². The van der Waals surface area contributed by atoms with Gasteiger partial charge in [0.1, 0.15) is 0 Å². The minimum atomic E-state index is 0.291. The van der Waals surface area contributed by atoms with E-state index in [9.17, 15) is 4.79 Å². The average Bonchev–Trinajstić information content (AvgIpc) is 2.94. The Morgan fingerprint density at radius 3 is 2.60 bits per heavy atom. The predicted molar refractivity (Wildman–Crippen MR) is 65.0 cm³/mol. The summed E-state index contributed by atoms with van der Waals surface area (Å²) in [6, 6.07) is 0.368. The molecule has 0 bridgehead atoms. The summed E-state index contributed by atoms with van der Waals surface area (Å²) >= 11 is 3.70. The van der Waals surface area contributed by atoms with Crippen molar-refractivity contribution in [2.24, 2.45) is 11.8 Å². The molecule has 2 aliphatic carbocycles. The normalized spacial score (nSPS) is 40.7. The van der Waals surface area contributed by atoms with Crippen LogP contribution in [0.4, 0.5) is 0 Å². The van der Waals surface area contributed by atoms with Gasteiger partial charge >= 0.3 is 0 Å². The van der Waals surface area contributed by atoms with Gasteiger partial charge in [0, 0.05) is 16.8 Å². The van der Waals surface area contributed by atoms with Crippen LogP contribution in [0.5, 0.6) is 0 Å². The molecule has 0 heterocycles. The van der Waals surface area contributed by atoms with E-state index in [1.165, 1.54) is 25.7 Å². The largest absolute Gasteiger partial charge is 0.352 e. The molecule has 2 rings (SSSR count). The molecule has 2 saturated carbocycles. The Morgan fingerprint density at radius 2 is 1.93 bits per heavy atom. The van der Waals surface area contributed by atoms with Crippen LogP contribution in [0.1, 0.15) is 45.4 Å². The van der Waals surface area contributed by atoms with Crippen LogP contribution in [0.2, 0.25) is 0 Å². The standard InChI is InChI=1S/C12H20BrNO/c1-8-7-9(8)12(15)14-11-6-4-2-3-5-10(11)13/h8-11H,2-7H2,1H3,(H,14,15). The molecule has 1 N–H and O–H groups in total. The Kier molecular flexibility index (Phi) is 3.70. The molecule has 0 aromatic rings. The Labute approximate surface area is 100 Å². The van der Waals surface area contributed by atoms with Crippen molar-refractivity contribution < 1.29 is 4.79 Å². The first-order valence-corrected chi connectivity index (χ1v) is 7.04. The molecule has 0 aromatic heterocycles. The Balaban J connectivity index is 1.83. The monoisotopic (exact) mass is 273 g/mol. The first-order chi connectivity index (χ1) is 7.18. The van der Waals surface area contributed by atoms with Crippen LogP contribution >= 0.6 is 15.9 Å². The lowest BCUT2D eigenvalue weighted by atomic mass is 10.1. The van der Waals surface area contributed by atoms with Crippen molar-refractivity contribution in [2.75, 3.05) is 0 Å². The molecule has 2 fully saturated rings. The fraction of sp³-hybridized carbons (Fsp3) is 0.917.